The number of carbonyl (C=O) groups is 1. The van der Waals surface area contributed by atoms with E-state index in [9.17, 15) is 4.79 Å². The summed E-state index contributed by atoms with van der Waals surface area (Å²) in [6, 6.07) is 13.8. The predicted molar refractivity (Wildman–Crippen MR) is 101 cm³/mol. The Bertz CT molecular complexity index is 745. The molecule has 0 heterocycles. The quantitative estimate of drug-likeness (QED) is 0.821. The molecule has 2 aromatic rings. The first kappa shape index (κ1) is 17.9. The Hall–Kier alpha value is -2.42. The van der Waals surface area contributed by atoms with Gasteiger partial charge in [0.05, 0.1) is 5.69 Å². The fourth-order valence-corrected chi connectivity index (χ4v) is 2.70. The van der Waals surface area contributed by atoms with E-state index in [0.717, 1.165) is 22.4 Å². The van der Waals surface area contributed by atoms with Crippen molar-refractivity contribution in [3.05, 3.63) is 64.7 Å². The summed E-state index contributed by atoms with van der Waals surface area (Å²) in [5.74, 6) is -0.159. The van der Waals surface area contributed by atoms with Gasteiger partial charge in [-0.2, -0.15) is 0 Å². The van der Waals surface area contributed by atoms with Crippen LogP contribution in [0.2, 0.25) is 0 Å². The van der Waals surface area contributed by atoms with Gasteiger partial charge in [0.15, 0.2) is 0 Å². The lowest BCUT2D eigenvalue weighted by Gasteiger charge is -2.21. The molecule has 0 aliphatic rings. The van der Waals surface area contributed by atoms with E-state index in [1.54, 1.807) is 0 Å². The van der Waals surface area contributed by atoms with E-state index in [4.69, 9.17) is 4.99 Å². The van der Waals surface area contributed by atoms with Crippen LogP contribution in [0, 0.1) is 20.8 Å². The standard InChI is InChI=1S/C21H26N2O/c1-14-12-15(2)18(16(3)13-14)22-19(17-10-8-7-9-11-17)20(24)23-21(4,5)6/h7-13H,1-6H3,(H,23,24). The monoisotopic (exact) mass is 322 g/mol. The minimum Gasteiger partial charge on any atom is -0.346 e. The smallest absolute Gasteiger partial charge is 0.270 e. The average Bonchev–Trinajstić information content (AvgIpc) is 2.45. The van der Waals surface area contributed by atoms with E-state index in [-0.39, 0.29) is 11.4 Å². The number of benzene rings is 2. The second-order valence-electron chi connectivity index (χ2n) is 7.28. The zero-order valence-electron chi connectivity index (χ0n) is 15.4. The highest BCUT2D eigenvalue weighted by molar-refractivity contribution is 6.46. The first-order chi connectivity index (χ1) is 11.2. The third-order valence-corrected chi connectivity index (χ3v) is 3.61. The van der Waals surface area contributed by atoms with Crippen molar-refractivity contribution in [1.82, 2.24) is 5.32 Å². The topological polar surface area (TPSA) is 41.5 Å². The highest BCUT2D eigenvalue weighted by atomic mass is 16.2. The van der Waals surface area contributed by atoms with Crippen LogP contribution in [0.15, 0.2) is 47.5 Å². The van der Waals surface area contributed by atoms with Gasteiger partial charge in [0.1, 0.15) is 5.71 Å². The molecule has 0 atom stereocenters. The van der Waals surface area contributed by atoms with Gasteiger partial charge in [-0.25, -0.2) is 4.99 Å². The number of hydrogen-bond donors (Lipinski definition) is 1. The summed E-state index contributed by atoms with van der Waals surface area (Å²) in [5.41, 5.74) is 5.16. The lowest BCUT2D eigenvalue weighted by Crippen LogP contribution is -2.44. The first-order valence-corrected chi connectivity index (χ1v) is 8.22. The van der Waals surface area contributed by atoms with E-state index in [1.165, 1.54) is 5.56 Å². The lowest BCUT2D eigenvalue weighted by atomic mass is 10.0. The molecule has 0 spiro atoms. The molecule has 3 nitrogen and oxygen atoms in total. The zero-order valence-corrected chi connectivity index (χ0v) is 15.4. The number of nitrogens with one attached hydrogen (secondary N) is 1. The summed E-state index contributed by atoms with van der Waals surface area (Å²) < 4.78 is 0. The Morgan fingerprint density at radius 2 is 1.50 bits per heavy atom. The summed E-state index contributed by atoms with van der Waals surface area (Å²) >= 11 is 0. The van der Waals surface area contributed by atoms with Gasteiger partial charge in [0.25, 0.3) is 5.91 Å². The molecule has 2 aromatic carbocycles. The number of aryl methyl sites for hydroxylation is 3. The number of nitrogens with zero attached hydrogens (tertiary/aromatic N) is 1. The summed E-state index contributed by atoms with van der Waals surface area (Å²) in [4.78, 5) is 17.6. The SMILES string of the molecule is Cc1cc(C)c(N=C(C(=O)NC(C)(C)C)c2ccccc2)c(C)c1. The molecule has 0 aromatic heterocycles. The van der Waals surface area contributed by atoms with Crippen LogP contribution in [0.1, 0.15) is 43.0 Å². The van der Waals surface area contributed by atoms with E-state index in [2.05, 4.69) is 24.4 Å². The fraction of sp³-hybridized carbons (Fsp3) is 0.333. The summed E-state index contributed by atoms with van der Waals surface area (Å²) in [6.07, 6.45) is 0. The summed E-state index contributed by atoms with van der Waals surface area (Å²) in [6.45, 7) is 12.0. The van der Waals surface area contributed by atoms with Crippen LogP contribution < -0.4 is 5.32 Å². The molecule has 0 saturated carbocycles. The summed E-state index contributed by atoms with van der Waals surface area (Å²) in [7, 11) is 0. The molecule has 0 unspecified atom stereocenters. The molecule has 3 heteroatoms. The van der Waals surface area contributed by atoms with Crippen LogP contribution >= 0.6 is 0 Å². The van der Waals surface area contributed by atoms with E-state index >= 15 is 0 Å². The Balaban J connectivity index is 2.57. The minimum atomic E-state index is -0.315. The molecule has 0 radical (unpaired) electrons. The summed E-state index contributed by atoms with van der Waals surface area (Å²) in [5, 5.41) is 3.02. The molecule has 0 bridgehead atoms. The molecule has 24 heavy (non-hydrogen) atoms. The first-order valence-electron chi connectivity index (χ1n) is 8.22. The van der Waals surface area contributed by atoms with Crippen molar-refractivity contribution in [2.75, 3.05) is 0 Å². The number of carbonyl (C=O) groups excluding carboxylic acids is 1. The number of aliphatic imine (C=N–C) groups is 1. The maximum Gasteiger partial charge on any atom is 0.270 e. The Morgan fingerprint density at radius 3 is 2.00 bits per heavy atom. The van der Waals surface area contributed by atoms with Gasteiger partial charge in [-0.15, -0.1) is 0 Å². The normalized spacial score (nSPS) is 12.2. The zero-order chi connectivity index (χ0) is 17.9. The molecule has 126 valence electrons. The van der Waals surface area contributed by atoms with Crippen molar-refractivity contribution in [2.24, 2.45) is 4.99 Å². The van der Waals surface area contributed by atoms with Crippen molar-refractivity contribution in [3.8, 4) is 0 Å². The van der Waals surface area contributed by atoms with E-state index in [1.807, 2.05) is 65.0 Å². The predicted octanol–water partition coefficient (Wildman–Crippen LogP) is 4.65. The van der Waals surface area contributed by atoms with Crippen LogP contribution in [0.25, 0.3) is 0 Å². The highest BCUT2D eigenvalue weighted by Crippen LogP contribution is 2.26. The molecule has 1 amide bonds. The van der Waals surface area contributed by atoms with Gasteiger partial charge in [0.2, 0.25) is 0 Å². The van der Waals surface area contributed by atoms with Crippen LogP contribution in [-0.4, -0.2) is 17.2 Å². The van der Waals surface area contributed by atoms with Crippen molar-refractivity contribution < 1.29 is 4.79 Å². The average molecular weight is 322 g/mol. The van der Waals surface area contributed by atoms with Crippen LogP contribution in [0.4, 0.5) is 5.69 Å². The molecule has 0 saturated heterocycles. The maximum atomic E-state index is 12.8. The largest absolute Gasteiger partial charge is 0.346 e. The number of rotatable bonds is 3. The van der Waals surface area contributed by atoms with Crippen molar-refractivity contribution >= 4 is 17.3 Å². The lowest BCUT2D eigenvalue weighted by molar-refractivity contribution is -0.116. The van der Waals surface area contributed by atoms with Gasteiger partial charge >= 0.3 is 0 Å². The number of hydrogen-bond acceptors (Lipinski definition) is 2. The molecule has 1 N–H and O–H groups in total. The Morgan fingerprint density at radius 1 is 0.958 bits per heavy atom. The molecule has 0 aliphatic heterocycles. The van der Waals surface area contributed by atoms with E-state index in [0.29, 0.717) is 5.71 Å². The van der Waals surface area contributed by atoms with Crippen LogP contribution in [0.5, 0.6) is 0 Å². The fourth-order valence-electron chi connectivity index (χ4n) is 2.70. The second-order valence-corrected chi connectivity index (χ2v) is 7.28. The molecule has 0 aliphatic carbocycles. The number of amides is 1. The van der Waals surface area contributed by atoms with Gasteiger partial charge in [-0.05, 0) is 52.7 Å². The Labute approximate surface area is 144 Å². The Kier molecular flexibility index (Phi) is 5.23. The van der Waals surface area contributed by atoms with Gasteiger partial charge in [-0.3, -0.25) is 4.79 Å². The maximum absolute atomic E-state index is 12.8. The third kappa shape index (κ3) is 4.54. The van der Waals surface area contributed by atoms with Crippen molar-refractivity contribution in [3.63, 3.8) is 0 Å². The van der Waals surface area contributed by atoms with Gasteiger partial charge in [-0.1, -0.05) is 48.0 Å². The van der Waals surface area contributed by atoms with Crippen LogP contribution in [-0.2, 0) is 4.79 Å². The molecular weight excluding hydrogens is 296 g/mol. The van der Waals surface area contributed by atoms with E-state index < -0.39 is 0 Å². The van der Waals surface area contributed by atoms with Gasteiger partial charge in [0, 0.05) is 11.1 Å². The molecule has 0 fully saturated rings. The third-order valence-electron chi connectivity index (χ3n) is 3.61. The van der Waals surface area contributed by atoms with Crippen molar-refractivity contribution in [2.45, 2.75) is 47.1 Å². The van der Waals surface area contributed by atoms with Crippen LogP contribution in [0.3, 0.4) is 0 Å². The second kappa shape index (κ2) is 7.00. The van der Waals surface area contributed by atoms with Gasteiger partial charge < -0.3 is 5.32 Å². The minimum absolute atomic E-state index is 0.159. The molecular formula is C21H26N2O. The van der Waals surface area contributed by atoms with Crippen molar-refractivity contribution in [1.29, 1.82) is 0 Å². The molecule has 2 rings (SSSR count). The highest BCUT2D eigenvalue weighted by Gasteiger charge is 2.20.